The fourth-order valence-corrected chi connectivity index (χ4v) is 3.03. The molecule has 1 aromatic heterocycles. The Kier molecular flexibility index (Phi) is 5.95. The molecule has 1 N–H and O–H groups in total. The number of aromatic nitrogens is 2. The Morgan fingerprint density at radius 2 is 1.80 bits per heavy atom. The molecule has 0 radical (unpaired) electrons. The van der Waals surface area contributed by atoms with E-state index in [1.54, 1.807) is 30.3 Å². The zero-order valence-electron chi connectivity index (χ0n) is 15.9. The summed E-state index contributed by atoms with van der Waals surface area (Å²) in [6, 6.07) is 12.5. The molecule has 0 fully saturated rings. The molecule has 30 heavy (non-hydrogen) atoms. The number of carbonyl (C=O) groups is 2. The summed E-state index contributed by atoms with van der Waals surface area (Å²) in [5.41, 5.74) is 0.840. The molecule has 2 aromatic carbocycles. The van der Waals surface area contributed by atoms with Gasteiger partial charge < -0.3 is 19.3 Å². The average molecular weight is 421 g/mol. The van der Waals surface area contributed by atoms with Gasteiger partial charge in [-0.15, -0.1) is 0 Å². The predicted octanol–water partition coefficient (Wildman–Crippen LogP) is 3.18. The third kappa shape index (κ3) is 4.70. The summed E-state index contributed by atoms with van der Waals surface area (Å²) in [6.07, 6.45) is -4.77. The van der Waals surface area contributed by atoms with Crippen LogP contribution in [-0.4, -0.2) is 45.1 Å². The Bertz CT molecular complexity index is 1060. The van der Waals surface area contributed by atoms with Gasteiger partial charge in [-0.1, -0.05) is 24.3 Å². The first kappa shape index (κ1) is 21.2. The Morgan fingerprint density at radius 3 is 2.40 bits per heavy atom. The highest BCUT2D eigenvalue weighted by atomic mass is 19.4. The molecule has 0 aliphatic heterocycles. The summed E-state index contributed by atoms with van der Waals surface area (Å²) in [5.74, 6) is -2.68. The summed E-state index contributed by atoms with van der Waals surface area (Å²) < 4.78 is 46.2. The molecule has 0 saturated heterocycles. The zero-order chi connectivity index (χ0) is 21.9. The Morgan fingerprint density at radius 1 is 1.13 bits per heavy atom. The second kappa shape index (κ2) is 8.44. The van der Waals surface area contributed by atoms with Crippen LogP contribution in [0.1, 0.15) is 11.4 Å². The highest BCUT2D eigenvalue weighted by molar-refractivity contribution is 5.84. The number of hydrogen-bond acceptors (Lipinski definition) is 4. The van der Waals surface area contributed by atoms with Gasteiger partial charge in [0.2, 0.25) is 11.7 Å². The number of para-hydroxylation sites is 2. The molecule has 1 amide bonds. The highest BCUT2D eigenvalue weighted by Gasteiger charge is 2.38. The molecule has 3 rings (SSSR count). The minimum atomic E-state index is -4.77. The molecule has 0 aliphatic carbocycles. The number of methoxy groups -OCH3 is 1. The van der Waals surface area contributed by atoms with Gasteiger partial charge in [-0.05, 0) is 29.8 Å². The Hall–Kier alpha value is -3.56. The summed E-state index contributed by atoms with van der Waals surface area (Å²) in [6.45, 7) is -1.43. The maximum absolute atomic E-state index is 13.5. The number of amides is 1. The van der Waals surface area contributed by atoms with E-state index in [1.165, 1.54) is 25.3 Å². The van der Waals surface area contributed by atoms with Crippen LogP contribution in [0.25, 0.3) is 11.0 Å². The van der Waals surface area contributed by atoms with Crippen molar-refractivity contribution in [3.05, 3.63) is 59.9 Å². The molecule has 0 bridgehead atoms. The maximum Gasteiger partial charge on any atom is 0.449 e. The van der Waals surface area contributed by atoms with Crippen LogP contribution in [0.4, 0.5) is 13.2 Å². The van der Waals surface area contributed by atoms with Crippen molar-refractivity contribution in [3.63, 3.8) is 0 Å². The number of carbonyl (C=O) groups excluding carboxylic acids is 1. The second-order valence-corrected chi connectivity index (χ2v) is 6.50. The van der Waals surface area contributed by atoms with Gasteiger partial charge in [0.1, 0.15) is 18.8 Å². The lowest BCUT2D eigenvalue weighted by molar-refractivity contribution is -0.150. The van der Waals surface area contributed by atoms with E-state index in [1.807, 2.05) is 0 Å². The molecule has 10 heteroatoms. The van der Waals surface area contributed by atoms with Crippen LogP contribution >= 0.6 is 0 Å². The standard InChI is InChI=1S/C20H18F3N3O4/c1-30-14-8-6-13(7-9-14)10-25(12-18(28)29)17(27)11-26-16-5-3-2-4-15(16)24-19(26)20(21,22)23/h2-9H,10-12H2,1H3,(H,28,29). The number of ether oxygens (including phenoxy) is 1. The van der Waals surface area contributed by atoms with E-state index in [2.05, 4.69) is 4.98 Å². The number of rotatable bonds is 7. The first-order valence-corrected chi connectivity index (χ1v) is 8.84. The molecule has 7 nitrogen and oxygen atoms in total. The van der Waals surface area contributed by atoms with Crippen LogP contribution in [0.2, 0.25) is 0 Å². The Balaban J connectivity index is 1.91. The molecule has 0 spiro atoms. The quantitative estimate of drug-likeness (QED) is 0.634. The third-order valence-electron chi connectivity index (χ3n) is 4.41. The van der Waals surface area contributed by atoms with E-state index in [-0.39, 0.29) is 17.6 Å². The lowest BCUT2D eigenvalue weighted by Crippen LogP contribution is -2.38. The number of imidazole rings is 1. The van der Waals surface area contributed by atoms with Crippen molar-refractivity contribution in [2.24, 2.45) is 0 Å². The van der Waals surface area contributed by atoms with Crippen molar-refractivity contribution >= 4 is 22.9 Å². The van der Waals surface area contributed by atoms with Gasteiger partial charge in [0.25, 0.3) is 0 Å². The van der Waals surface area contributed by atoms with Gasteiger partial charge >= 0.3 is 12.1 Å². The van der Waals surface area contributed by atoms with Gasteiger partial charge in [-0.3, -0.25) is 9.59 Å². The van der Waals surface area contributed by atoms with Crippen LogP contribution in [-0.2, 0) is 28.9 Å². The van der Waals surface area contributed by atoms with E-state index in [4.69, 9.17) is 9.84 Å². The van der Waals surface area contributed by atoms with Crippen LogP contribution in [0.15, 0.2) is 48.5 Å². The van der Waals surface area contributed by atoms with E-state index < -0.39 is 37.0 Å². The molecule has 1 heterocycles. The number of hydrogen-bond donors (Lipinski definition) is 1. The number of aliphatic carboxylic acids is 1. The van der Waals surface area contributed by atoms with E-state index >= 15 is 0 Å². The number of carboxylic acids is 1. The first-order valence-electron chi connectivity index (χ1n) is 8.84. The van der Waals surface area contributed by atoms with Gasteiger partial charge in [0.05, 0.1) is 18.1 Å². The fourth-order valence-electron chi connectivity index (χ4n) is 3.03. The van der Waals surface area contributed by atoms with Crippen LogP contribution in [0, 0.1) is 0 Å². The topological polar surface area (TPSA) is 84.7 Å². The van der Waals surface area contributed by atoms with E-state index in [0.717, 1.165) is 9.47 Å². The monoisotopic (exact) mass is 421 g/mol. The summed E-state index contributed by atoms with van der Waals surface area (Å²) >= 11 is 0. The molecule has 0 unspecified atom stereocenters. The minimum Gasteiger partial charge on any atom is -0.497 e. The van der Waals surface area contributed by atoms with Crippen LogP contribution < -0.4 is 4.74 Å². The lowest BCUT2D eigenvalue weighted by atomic mass is 10.2. The molecule has 0 atom stereocenters. The Labute approximate surface area is 169 Å². The first-order chi connectivity index (χ1) is 14.2. The van der Waals surface area contributed by atoms with Crippen LogP contribution in [0.5, 0.6) is 5.75 Å². The SMILES string of the molecule is COc1ccc(CN(CC(=O)O)C(=O)Cn2c(C(F)(F)F)nc3ccccc32)cc1. The number of halogens is 3. The number of nitrogens with zero attached hydrogens (tertiary/aromatic N) is 3. The van der Waals surface area contributed by atoms with Crippen LogP contribution in [0.3, 0.4) is 0 Å². The van der Waals surface area contributed by atoms with E-state index in [0.29, 0.717) is 11.3 Å². The molecule has 0 aliphatic rings. The third-order valence-corrected chi connectivity index (χ3v) is 4.41. The molecule has 158 valence electrons. The van der Waals surface area contributed by atoms with Gasteiger partial charge in [-0.2, -0.15) is 13.2 Å². The number of fused-ring (bicyclic) bond motifs is 1. The highest BCUT2D eigenvalue weighted by Crippen LogP contribution is 2.31. The van der Waals surface area contributed by atoms with Gasteiger partial charge in [0, 0.05) is 6.54 Å². The summed E-state index contributed by atoms with van der Waals surface area (Å²) in [4.78, 5) is 28.6. The van der Waals surface area contributed by atoms with Crippen molar-refractivity contribution in [3.8, 4) is 5.75 Å². The number of carboxylic acid groups (broad SMARTS) is 1. The van der Waals surface area contributed by atoms with Crippen molar-refractivity contribution in [1.29, 1.82) is 0 Å². The smallest absolute Gasteiger partial charge is 0.449 e. The number of alkyl halides is 3. The predicted molar refractivity (Wildman–Crippen MR) is 101 cm³/mol. The van der Waals surface area contributed by atoms with Crippen molar-refractivity contribution in [1.82, 2.24) is 14.5 Å². The summed E-state index contributed by atoms with van der Waals surface area (Å²) in [7, 11) is 1.49. The average Bonchev–Trinajstić information content (AvgIpc) is 3.07. The van der Waals surface area contributed by atoms with Crippen molar-refractivity contribution in [2.45, 2.75) is 19.3 Å². The summed E-state index contributed by atoms with van der Waals surface area (Å²) in [5, 5.41) is 9.16. The molecule has 3 aromatic rings. The van der Waals surface area contributed by atoms with E-state index in [9.17, 15) is 22.8 Å². The van der Waals surface area contributed by atoms with Gasteiger partial charge in [-0.25, -0.2) is 4.98 Å². The molecule has 0 saturated carbocycles. The lowest BCUT2D eigenvalue weighted by Gasteiger charge is -2.22. The van der Waals surface area contributed by atoms with Crippen molar-refractivity contribution in [2.75, 3.05) is 13.7 Å². The largest absolute Gasteiger partial charge is 0.497 e. The molecular weight excluding hydrogens is 403 g/mol. The normalized spacial score (nSPS) is 11.5. The minimum absolute atomic E-state index is 0.0802. The maximum atomic E-state index is 13.5. The van der Waals surface area contributed by atoms with Gasteiger partial charge in [0.15, 0.2) is 0 Å². The number of benzene rings is 2. The second-order valence-electron chi connectivity index (χ2n) is 6.50. The fraction of sp³-hybridized carbons (Fsp3) is 0.250. The van der Waals surface area contributed by atoms with Crippen molar-refractivity contribution < 1.29 is 32.6 Å². The molecular formula is C20H18F3N3O4. The zero-order valence-corrected chi connectivity index (χ0v) is 15.9.